The lowest BCUT2D eigenvalue weighted by Gasteiger charge is -2.13. The Balaban J connectivity index is 2.02. The Hall–Kier alpha value is -3.68. The van der Waals surface area contributed by atoms with Crippen molar-refractivity contribution < 1.29 is 28.5 Å². The van der Waals surface area contributed by atoms with Crippen molar-refractivity contribution in [3.05, 3.63) is 47.3 Å². The van der Waals surface area contributed by atoms with E-state index in [4.69, 9.17) is 23.7 Å². The number of hydrogen-bond donors (Lipinski definition) is 1. The number of benzene rings is 2. The van der Waals surface area contributed by atoms with Gasteiger partial charge in [0.1, 0.15) is 11.5 Å². The van der Waals surface area contributed by atoms with Crippen molar-refractivity contribution in [3.63, 3.8) is 0 Å². The number of nitrogens with one attached hydrogen (secondary N) is 1. The average Bonchev–Trinajstić information content (AvgIpc) is 3.18. The average molecular weight is 412 g/mol. The van der Waals surface area contributed by atoms with Crippen LogP contribution in [0.4, 0.5) is 0 Å². The van der Waals surface area contributed by atoms with Gasteiger partial charge < -0.3 is 28.7 Å². The maximum absolute atomic E-state index is 13.2. The predicted octanol–water partition coefficient (Wildman–Crippen LogP) is 3.66. The molecule has 0 unspecified atom stereocenters. The molecule has 0 aliphatic rings. The zero-order chi connectivity index (χ0) is 21.8. The standard InChI is InChI=1S/C22H24N2O6/c1-12-19(20(25)14-10-17(28-4)21(30-6)18(11-14)29-5)24-22(23-12)13-7-8-15(26-2)16(9-13)27-3/h7-11H,1-6H3,(H,23,24). The number of imidazole rings is 1. The normalized spacial score (nSPS) is 10.5. The molecule has 3 aromatic rings. The Kier molecular flexibility index (Phi) is 6.15. The van der Waals surface area contributed by atoms with E-state index in [2.05, 4.69) is 9.97 Å². The van der Waals surface area contributed by atoms with E-state index in [0.717, 1.165) is 5.56 Å². The molecule has 30 heavy (non-hydrogen) atoms. The maximum atomic E-state index is 13.2. The van der Waals surface area contributed by atoms with Gasteiger partial charge in [0.25, 0.3) is 0 Å². The Morgan fingerprint density at radius 3 is 1.93 bits per heavy atom. The minimum Gasteiger partial charge on any atom is -0.493 e. The van der Waals surface area contributed by atoms with Gasteiger partial charge in [-0.05, 0) is 37.3 Å². The number of aryl methyl sites for hydroxylation is 1. The molecule has 1 aromatic heterocycles. The molecule has 0 spiro atoms. The molecule has 0 aliphatic heterocycles. The SMILES string of the molecule is COc1ccc(-c2nc(C(=O)c3cc(OC)c(OC)c(OC)c3)c(C)[nH]2)cc1OC. The highest BCUT2D eigenvalue weighted by atomic mass is 16.5. The van der Waals surface area contributed by atoms with Gasteiger partial charge in [-0.1, -0.05) is 0 Å². The van der Waals surface area contributed by atoms with E-state index in [1.54, 1.807) is 45.4 Å². The van der Waals surface area contributed by atoms with Gasteiger partial charge in [-0.2, -0.15) is 0 Å². The molecule has 1 heterocycles. The lowest BCUT2D eigenvalue weighted by molar-refractivity contribution is 0.103. The van der Waals surface area contributed by atoms with Crippen LogP contribution >= 0.6 is 0 Å². The lowest BCUT2D eigenvalue weighted by Crippen LogP contribution is -2.06. The summed E-state index contributed by atoms with van der Waals surface area (Å²) >= 11 is 0. The fourth-order valence-corrected chi connectivity index (χ4v) is 3.15. The highest BCUT2D eigenvalue weighted by Gasteiger charge is 2.22. The molecule has 2 aromatic carbocycles. The third-order valence-corrected chi connectivity index (χ3v) is 4.68. The fourth-order valence-electron chi connectivity index (χ4n) is 3.15. The number of ether oxygens (including phenoxy) is 5. The number of carbonyl (C=O) groups is 1. The van der Waals surface area contributed by atoms with Crippen molar-refractivity contribution in [2.75, 3.05) is 35.5 Å². The first-order chi connectivity index (χ1) is 14.5. The van der Waals surface area contributed by atoms with Gasteiger partial charge in [0.15, 0.2) is 23.0 Å². The van der Waals surface area contributed by atoms with Crippen LogP contribution in [0.3, 0.4) is 0 Å². The van der Waals surface area contributed by atoms with E-state index >= 15 is 0 Å². The number of ketones is 1. The molecule has 0 saturated heterocycles. The van der Waals surface area contributed by atoms with Crippen molar-refractivity contribution in [3.8, 4) is 40.1 Å². The summed E-state index contributed by atoms with van der Waals surface area (Å²) in [6.07, 6.45) is 0. The molecule has 8 heteroatoms. The third-order valence-electron chi connectivity index (χ3n) is 4.68. The number of rotatable bonds is 8. The van der Waals surface area contributed by atoms with Crippen LogP contribution < -0.4 is 23.7 Å². The first-order valence-corrected chi connectivity index (χ1v) is 9.11. The molecular weight excluding hydrogens is 388 g/mol. The van der Waals surface area contributed by atoms with E-state index in [9.17, 15) is 4.79 Å². The summed E-state index contributed by atoms with van der Waals surface area (Å²) in [6.45, 7) is 1.79. The molecule has 0 atom stereocenters. The third kappa shape index (κ3) is 3.76. The molecule has 3 rings (SSSR count). The van der Waals surface area contributed by atoms with Crippen molar-refractivity contribution in [2.45, 2.75) is 6.92 Å². The zero-order valence-corrected chi connectivity index (χ0v) is 17.8. The molecular formula is C22H24N2O6. The molecule has 8 nitrogen and oxygen atoms in total. The van der Waals surface area contributed by atoms with Gasteiger partial charge in [-0.3, -0.25) is 4.79 Å². The van der Waals surface area contributed by atoms with Crippen LogP contribution in [-0.2, 0) is 0 Å². The van der Waals surface area contributed by atoms with Crippen molar-refractivity contribution in [2.24, 2.45) is 0 Å². The lowest BCUT2D eigenvalue weighted by atomic mass is 10.1. The van der Waals surface area contributed by atoms with Crippen molar-refractivity contribution in [1.82, 2.24) is 9.97 Å². The van der Waals surface area contributed by atoms with Gasteiger partial charge in [0, 0.05) is 16.8 Å². The molecule has 0 radical (unpaired) electrons. The quantitative estimate of drug-likeness (QED) is 0.565. The molecule has 0 amide bonds. The van der Waals surface area contributed by atoms with Crippen LogP contribution in [0.25, 0.3) is 11.4 Å². The number of aromatic amines is 1. The van der Waals surface area contributed by atoms with Crippen molar-refractivity contribution >= 4 is 5.78 Å². The summed E-state index contributed by atoms with van der Waals surface area (Å²) < 4.78 is 26.6. The van der Waals surface area contributed by atoms with E-state index in [1.807, 2.05) is 6.07 Å². The summed E-state index contributed by atoms with van der Waals surface area (Å²) in [5, 5.41) is 0. The van der Waals surface area contributed by atoms with Gasteiger partial charge in [0.2, 0.25) is 11.5 Å². The number of aromatic nitrogens is 2. The number of methoxy groups -OCH3 is 5. The number of nitrogens with zero attached hydrogens (tertiary/aromatic N) is 1. The van der Waals surface area contributed by atoms with Crippen LogP contribution in [-0.4, -0.2) is 51.3 Å². The van der Waals surface area contributed by atoms with E-state index in [-0.39, 0.29) is 5.78 Å². The summed E-state index contributed by atoms with van der Waals surface area (Å²) in [6, 6.07) is 8.63. The highest BCUT2D eigenvalue weighted by Crippen LogP contribution is 2.39. The van der Waals surface area contributed by atoms with Crippen LogP contribution in [0.5, 0.6) is 28.7 Å². The van der Waals surface area contributed by atoms with Gasteiger partial charge in [-0.15, -0.1) is 0 Å². The van der Waals surface area contributed by atoms with Crippen molar-refractivity contribution in [1.29, 1.82) is 0 Å². The first kappa shape index (κ1) is 21.0. The maximum Gasteiger partial charge on any atom is 0.213 e. The number of carbonyl (C=O) groups excluding carboxylic acids is 1. The second kappa shape index (κ2) is 8.77. The Morgan fingerprint density at radius 2 is 1.40 bits per heavy atom. The molecule has 0 bridgehead atoms. The Morgan fingerprint density at radius 1 is 0.800 bits per heavy atom. The largest absolute Gasteiger partial charge is 0.493 e. The second-order valence-corrected chi connectivity index (χ2v) is 6.37. The fraction of sp³-hybridized carbons (Fsp3) is 0.273. The van der Waals surface area contributed by atoms with Gasteiger partial charge >= 0.3 is 0 Å². The zero-order valence-electron chi connectivity index (χ0n) is 17.8. The summed E-state index contributed by atoms with van der Waals surface area (Å²) in [5.41, 5.74) is 2.07. The molecule has 0 fully saturated rings. The second-order valence-electron chi connectivity index (χ2n) is 6.37. The summed E-state index contributed by atoms with van der Waals surface area (Å²) in [7, 11) is 7.65. The Labute approximate surface area is 174 Å². The minimum atomic E-state index is -0.269. The van der Waals surface area contributed by atoms with E-state index in [1.165, 1.54) is 21.3 Å². The molecule has 158 valence electrons. The van der Waals surface area contributed by atoms with E-state index < -0.39 is 0 Å². The topological polar surface area (TPSA) is 91.9 Å². The van der Waals surface area contributed by atoms with Crippen LogP contribution in [0.15, 0.2) is 30.3 Å². The molecule has 0 aliphatic carbocycles. The van der Waals surface area contributed by atoms with Crippen LogP contribution in [0, 0.1) is 6.92 Å². The number of H-pyrrole nitrogens is 1. The first-order valence-electron chi connectivity index (χ1n) is 9.11. The van der Waals surface area contributed by atoms with Gasteiger partial charge in [0.05, 0.1) is 35.5 Å². The summed E-state index contributed by atoms with van der Waals surface area (Å²) in [5.74, 6) is 2.67. The van der Waals surface area contributed by atoms with Gasteiger partial charge in [-0.25, -0.2) is 4.98 Å². The minimum absolute atomic E-state index is 0.269. The Bertz CT molecular complexity index is 1050. The number of hydrogen-bond acceptors (Lipinski definition) is 7. The molecule has 0 saturated carbocycles. The molecule has 1 N–H and O–H groups in total. The smallest absolute Gasteiger partial charge is 0.213 e. The summed E-state index contributed by atoms with van der Waals surface area (Å²) in [4.78, 5) is 20.9. The highest BCUT2D eigenvalue weighted by molar-refractivity contribution is 6.09. The monoisotopic (exact) mass is 412 g/mol. The van der Waals surface area contributed by atoms with Crippen LogP contribution in [0.1, 0.15) is 21.7 Å². The predicted molar refractivity (Wildman–Crippen MR) is 111 cm³/mol. The van der Waals surface area contributed by atoms with E-state index in [0.29, 0.717) is 51.5 Å². The van der Waals surface area contributed by atoms with Crippen LogP contribution in [0.2, 0.25) is 0 Å².